The van der Waals surface area contributed by atoms with E-state index in [1.54, 1.807) is 6.08 Å². The topological polar surface area (TPSA) is 38.0 Å². The second-order valence-electron chi connectivity index (χ2n) is 4.98. The summed E-state index contributed by atoms with van der Waals surface area (Å²) in [6.45, 7) is 8.68. The number of hydrogen-bond donors (Lipinski definition) is 2. The molecule has 0 spiro atoms. The molecule has 2 atom stereocenters. The van der Waals surface area contributed by atoms with E-state index in [4.69, 9.17) is 18.0 Å². The van der Waals surface area contributed by atoms with E-state index >= 15 is 0 Å². The first-order valence-corrected chi connectivity index (χ1v) is 6.56. The number of piperidine rings is 1. The van der Waals surface area contributed by atoms with Gasteiger partial charge in [-0.1, -0.05) is 30.9 Å². The van der Waals surface area contributed by atoms with Crippen molar-refractivity contribution in [2.75, 3.05) is 0 Å². The fourth-order valence-corrected chi connectivity index (χ4v) is 2.65. The van der Waals surface area contributed by atoms with Crippen LogP contribution in [0, 0.1) is 5.92 Å². The van der Waals surface area contributed by atoms with Crippen molar-refractivity contribution in [2.45, 2.75) is 37.6 Å². The van der Waals surface area contributed by atoms with E-state index in [0.29, 0.717) is 10.7 Å². The minimum atomic E-state index is -2.86. The summed E-state index contributed by atoms with van der Waals surface area (Å²) >= 11 is 5.05. The molecule has 0 saturated carbocycles. The van der Waals surface area contributed by atoms with Crippen LogP contribution >= 0.6 is 12.2 Å². The van der Waals surface area contributed by atoms with Gasteiger partial charge < -0.3 is 11.1 Å². The SMILES string of the molecule is C=C/C=C(/N)CC(C=C)[C@@]1(C)NC(=S)CCC1(F)F. The maximum atomic E-state index is 14.2. The number of rotatable bonds is 5. The first kappa shape index (κ1) is 15.8. The van der Waals surface area contributed by atoms with Gasteiger partial charge in [-0.05, 0) is 19.4 Å². The maximum Gasteiger partial charge on any atom is 0.271 e. The second kappa shape index (κ2) is 5.82. The highest BCUT2D eigenvalue weighted by Crippen LogP contribution is 2.43. The molecule has 0 aromatic rings. The normalized spacial score (nSPS) is 28.4. The standard InChI is InChI=1S/C14H20F2N2S/c1-4-6-11(17)9-10(5-2)13(3)14(15,16)8-7-12(19)18-13/h4-6,10H,1-2,7-9,17H2,3H3,(H,18,19)/b11-6+/t10?,13-/m1/s1. The van der Waals surface area contributed by atoms with Crippen molar-refractivity contribution < 1.29 is 8.78 Å². The lowest BCUT2D eigenvalue weighted by Crippen LogP contribution is -2.65. The van der Waals surface area contributed by atoms with Gasteiger partial charge in [-0.3, -0.25) is 0 Å². The van der Waals surface area contributed by atoms with Crippen molar-refractivity contribution >= 4 is 17.2 Å². The minimum Gasteiger partial charge on any atom is -0.402 e. The van der Waals surface area contributed by atoms with Crippen LogP contribution in [-0.2, 0) is 0 Å². The highest BCUT2D eigenvalue weighted by molar-refractivity contribution is 7.80. The van der Waals surface area contributed by atoms with Gasteiger partial charge in [-0.15, -0.1) is 6.58 Å². The molecule has 2 nitrogen and oxygen atoms in total. The van der Waals surface area contributed by atoms with Crippen molar-refractivity contribution in [3.8, 4) is 0 Å². The molecule has 106 valence electrons. The van der Waals surface area contributed by atoms with E-state index < -0.39 is 17.4 Å². The smallest absolute Gasteiger partial charge is 0.271 e. The van der Waals surface area contributed by atoms with E-state index in [-0.39, 0.29) is 19.3 Å². The van der Waals surface area contributed by atoms with Gasteiger partial charge in [0.1, 0.15) is 5.54 Å². The lowest BCUT2D eigenvalue weighted by Gasteiger charge is -2.47. The third-order valence-electron chi connectivity index (χ3n) is 3.64. The Labute approximate surface area is 118 Å². The molecule has 1 saturated heterocycles. The van der Waals surface area contributed by atoms with E-state index in [0.717, 1.165) is 0 Å². The van der Waals surface area contributed by atoms with Crippen molar-refractivity contribution in [3.05, 3.63) is 37.1 Å². The third kappa shape index (κ3) is 3.21. The van der Waals surface area contributed by atoms with Gasteiger partial charge in [0, 0.05) is 24.5 Å². The Morgan fingerprint density at radius 1 is 1.58 bits per heavy atom. The number of hydrogen-bond acceptors (Lipinski definition) is 2. The maximum absolute atomic E-state index is 14.2. The molecule has 19 heavy (non-hydrogen) atoms. The molecule has 0 radical (unpaired) electrons. The Morgan fingerprint density at radius 3 is 2.74 bits per heavy atom. The Kier molecular flexibility index (Phi) is 4.85. The third-order valence-corrected chi connectivity index (χ3v) is 3.94. The van der Waals surface area contributed by atoms with Crippen molar-refractivity contribution in [3.63, 3.8) is 0 Å². The molecule has 5 heteroatoms. The van der Waals surface area contributed by atoms with Gasteiger partial charge in [0.15, 0.2) is 0 Å². The summed E-state index contributed by atoms with van der Waals surface area (Å²) in [5.74, 6) is -3.38. The summed E-state index contributed by atoms with van der Waals surface area (Å²) in [6.07, 6.45) is 4.91. The molecule has 1 fully saturated rings. The Morgan fingerprint density at radius 2 is 2.21 bits per heavy atom. The van der Waals surface area contributed by atoms with Crippen LogP contribution in [0.1, 0.15) is 26.2 Å². The number of halogens is 2. The number of thiocarbonyl (C=S) groups is 1. The zero-order valence-electron chi connectivity index (χ0n) is 11.1. The number of alkyl halides is 2. The summed E-state index contributed by atoms with van der Waals surface area (Å²) in [7, 11) is 0. The molecule has 3 N–H and O–H groups in total. The second-order valence-corrected chi connectivity index (χ2v) is 5.47. The Balaban J connectivity index is 3.05. The molecule has 1 aliphatic rings. The lowest BCUT2D eigenvalue weighted by atomic mass is 9.74. The molecule has 0 aliphatic carbocycles. The van der Waals surface area contributed by atoms with Gasteiger partial charge in [0.05, 0.1) is 4.99 Å². The summed E-state index contributed by atoms with van der Waals surface area (Å²) < 4.78 is 28.5. The van der Waals surface area contributed by atoms with Crippen LogP contribution in [0.15, 0.2) is 37.1 Å². The first-order chi connectivity index (χ1) is 8.76. The molecule has 1 aliphatic heterocycles. The van der Waals surface area contributed by atoms with Gasteiger partial charge in [-0.2, -0.15) is 0 Å². The fraction of sp³-hybridized carbons (Fsp3) is 0.500. The van der Waals surface area contributed by atoms with Gasteiger partial charge >= 0.3 is 0 Å². The average molecular weight is 286 g/mol. The number of nitrogens with one attached hydrogen (secondary N) is 1. The zero-order chi connectivity index (χ0) is 14.7. The summed E-state index contributed by atoms with van der Waals surface area (Å²) in [4.78, 5) is 0.464. The Bertz CT molecular complexity index is 418. The highest BCUT2D eigenvalue weighted by Gasteiger charge is 2.56. The molecule has 0 amide bonds. The van der Waals surface area contributed by atoms with E-state index in [2.05, 4.69) is 18.5 Å². The molecular weight excluding hydrogens is 266 g/mol. The fourth-order valence-electron chi connectivity index (χ4n) is 2.33. The van der Waals surface area contributed by atoms with Crippen LogP contribution in [0.3, 0.4) is 0 Å². The summed E-state index contributed by atoms with van der Waals surface area (Å²) in [5, 5.41) is 2.78. The molecule has 0 bridgehead atoms. The predicted molar refractivity (Wildman–Crippen MR) is 79.1 cm³/mol. The molecule has 1 rings (SSSR count). The van der Waals surface area contributed by atoms with Crippen molar-refractivity contribution in [1.29, 1.82) is 0 Å². The predicted octanol–water partition coefficient (Wildman–Crippen LogP) is 3.31. The summed E-state index contributed by atoms with van der Waals surface area (Å²) in [6, 6.07) is 0. The van der Waals surface area contributed by atoms with Crippen LogP contribution in [0.25, 0.3) is 0 Å². The quantitative estimate of drug-likeness (QED) is 0.462. The van der Waals surface area contributed by atoms with Crippen LogP contribution in [-0.4, -0.2) is 16.4 Å². The number of nitrogens with two attached hydrogens (primary N) is 1. The van der Waals surface area contributed by atoms with Gasteiger partial charge in [-0.25, -0.2) is 8.78 Å². The molecule has 1 heterocycles. The Hall–Kier alpha value is -1.23. The van der Waals surface area contributed by atoms with Gasteiger partial charge in [0.25, 0.3) is 5.92 Å². The molecule has 0 aromatic heterocycles. The summed E-state index contributed by atoms with van der Waals surface area (Å²) in [5.41, 5.74) is 4.83. The van der Waals surface area contributed by atoms with Crippen molar-refractivity contribution in [2.24, 2.45) is 11.7 Å². The molecule has 0 aromatic carbocycles. The minimum absolute atomic E-state index is 0.208. The first-order valence-electron chi connectivity index (χ1n) is 6.15. The van der Waals surface area contributed by atoms with E-state index in [1.165, 1.54) is 19.1 Å². The lowest BCUT2D eigenvalue weighted by molar-refractivity contribution is -0.104. The highest BCUT2D eigenvalue weighted by atomic mass is 32.1. The number of allylic oxidation sites excluding steroid dienone is 3. The van der Waals surface area contributed by atoms with Crippen molar-refractivity contribution in [1.82, 2.24) is 5.32 Å². The molecular formula is C14H20F2N2S. The van der Waals surface area contributed by atoms with E-state index in [9.17, 15) is 8.78 Å². The van der Waals surface area contributed by atoms with Crippen LogP contribution < -0.4 is 11.1 Å². The monoisotopic (exact) mass is 286 g/mol. The van der Waals surface area contributed by atoms with E-state index in [1.807, 2.05) is 0 Å². The molecule has 1 unspecified atom stereocenters. The van der Waals surface area contributed by atoms with Crippen LogP contribution in [0.5, 0.6) is 0 Å². The zero-order valence-corrected chi connectivity index (χ0v) is 11.9. The van der Waals surface area contributed by atoms with Gasteiger partial charge in [0.2, 0.25) is 0 Å². The average Bonchev–Trinajstić information content (AvgIpc) is 2.32. The largest absolute Gasteiger partial charge is 0.402 e. The van der Waals surface area contributed by atoms with Crippen LogP contribution in [0.2, 0.25) is 0 Å². The van der Waals surface area contributed by atoms with Crippen LogP contribution in [0.4, 0.5) is 8.78 Å².